The molecule has 1 atom stereocenters. The predicted molar refractivity (Wildman–Crippen MR) is 143 cm³/mol. The zero-order valence-corrected chi connectivity index (χ0v) is 21.8. The van der Waals surface area contributed by atoms with Crippen LogP contribution in [0, 0.1) is 0 Å². The number of aliphatic imine (C=N–C) groups is 1. The lowest BCUT2D eigenvalue weighted by Crippen LogP contribution is -2.35. The Balaban J connectivity index is 1.74. The Hall–Kier alpha value is -3.70. The van der Waals surface area contributed by atoms with Gasteiger partial charge >= 0.3 is 6.18 Å². The van der Waals surface area contributed by atoms with Crippen molar-refractivity contribution in [3.8, 4) is 0 Å². The SMILES string of the molecule is CN(C)CCN(c1ccc(N=C(c2ccccc2)C2C(=O)Nc3cc(C(F)(F)F)ccc32)cc1)S(C)(=O)=O. The van der Waals surface area contributed by atoms with Crippen LogP contribution >= 0.6 is 0 Å². The van der Waals surface area contributed by atoms with Gasteiger partial charge in [-0.2, -0.15) is 13.2 Å². The highest BCUT2D eigenvalue weighted by molar-refractivity contribution is 7.92. The molecular formula is C27H27F3N4O3S. The monoisotopic (exact) mass is 544 g/mol. The van der Waals surface area contributed by atoms with E-state index in [2.05, 4.69) is 5.32 Å². The number of likely N-dealkylation sites (N-methyl/N-ethyl adjacent to an activating group) is 1. The van der Waals surface area contributed by atoms with Gasteiger partial charge < -0.3 is 10.2 Å². The molecule has 0 aromatic heterocycles. The zero-order valence-electron chi connectivity index (χ0n) is 21.0. The fraction of sp³-hybridized carbons (Fsp3) is 0.259. The topological polar surface area (TPSA) is 82.1 Å². The summed E-state index contributed by atoms with van der Waals surface area (Å²) >= 11 is 0. The first kappa shape index (κ1) is 27.3. The first-order valence-electron chi connectivity index (χ1n) is 11.7. The molecular weight excluding hydrogens is 517 g/mol. The van der Waals surface area contributed by atoms with Gasteiger partial charge in [-0.05, 0) is 61.6 Å². The maximum atomic E-state index is 13.2. The van der Waals surface area contributed by atoms with E-state index in [9.17, 15) is 26.4 Å². The molecule has 7 nitrogen and oxygen atoms in total. The molecule has 200 valence electrons. The van der Waals surface area contributed by atoms with E-state index in [4.69, 9.17) is 4.99 Å². The maximum Gasteiger partial charge on any atom is 0.416 e. The van der Waals surface area contributed by atoms with E-state index in [0.29, 0.717) is 34.8 Å². The van der Waals surface area contributed by atoms with Crippen LogP contribution in [0.15, 0.2) is 77.8 Å². The van der Waals surface area contributed by atoms with Crippen LogP contribution in [0.2, 0.25) is 0 Å². The molecule has 1 N–H and O–H groups in total. The number of carbonyl (C=O) groups is 1. The first-order chi connectivity index (χ1) is 17.8. The molecule has 0 radical (unpaired) electrons. The van der Waals surface area contributed by atoms with Crippen molar-refractivity contribution in [3.63, 3.8) is 0 Å². The molecule has 0 aliphatic carbocycles. The number of rotatable bonds is 8. The quantitative estimate of drug-likeness (QED) is 0.410. The Bertz CT molecular complexity index is 1460. The van der Waals surface area contributed by atoms with Gasteiger partial charge in [0.05, 0.1) is 28.9 Å². The lowest BCUT2D eigenvalue weighted by molar-refractivity contribution is -0.137. The van der Waals surface area contributed by atoms with Crippen LogP contribution < -0.4 is 9.62 Å². The number of anilines is 2. The summed E-state index contributed by atoms with van der Waals surface area (Å²) < 4.78 is 65.7. The van der Waals surface area contributed by atoms with Crippen molar-refractivity contribution < 1.29 is 26.4 Å². The van der Waals surface area contributed by atoms with Gasteiger partial charge in [-0.3, -0.25) is 14.1 Å². The number of sulfonamides is 1. The molecule has 3 aromatic carbocycles. The molecule has 1 aliphatic rings. The number of carbonyl (C=O) groups excluding carboxylic acids is 1. The zero-order chi connectivity index (χ0) is 27.7. The van der Waals surface area contributed by atoms with Gasteiger partial charge in [0.25, 0.3) is 0 Å². The molecule has 0 bridgehead atoms. The molecule has 1 unspecified atom stereocenters. The molecule has 1 amide bonds. The third kappa shape index (κ3) is 6.05. The Labute approximate surface area is 219 Å². The summed E-state index contributed by atoms with van der Waals surface area (Å²) in [6.07, 6.45) is -3.40. The number of benzene rings is 3. The minimum absolute atomic E-state index is 0.0958. The van der Waals surface area contributed by atoms with Gasteiger partial charge in [0, 0.05) is 18.8 Å². The van der Waals surface area contributed by atoms with Gasteiger partial charge in [-0.1, -0.05) is 36.4 Å². The van der Waals surface area contributed by atoms with Gasteiger partial charge in [0.1, 0.15) is 5.92 Å². The first-order valence-corrected chi connectivity index (χ1v) is 13.6. The van der Waals surface area contributed by atoms with Crippen molar-refractivity contribution in [2.45, 2.75) is 12.1 Å². The lowest BCUT2D eigenvalue weighted by Gasteiger charge is -2.24. The fourth-order valence-corrected chi connectivity index (χ4v) is 5.14. The highest BCUT2D eigenvalue weighted by Gasteiger charge is 2.38. The summed E-state index contributed by atoms with van der Waals surface area (Å²) in [7, 11) is 0.181. The van der Waals surface area contributed by atoms with E-state index in [-0.39, 0.29) is 12.2 Å². The van der Waals surface area contributed by atoms with Crippen molar-refractivity contribution >= 4 is 38.7 Å². The Morgan fingerprint density at radius 3 is 2.21 bits per heavy atom. The molecule has 0 fully saturated rings. The molecule has 1 aliphatic heterocycles. The number of hydrogen-bond donors (Lipinski definition) is 1. The number of nitrogens with one attached hydrogen (secondary N) is 1. The van der Waals surface area contributed by atoms with Gasteiger partial charge in [-0.25, -0.2) is 8.42 Å². The largest absolute Gasteiger partial charge is 0.416 e. The van der Waals surface area contributed by atoms with Crippen LogP contribution in [0.25, 0.3) is 0 Å². The third-order valence-corrected chi connectivity index (χ3v) is 7.29. The van der Waals surface area contributed by atoms with Crippen LogP contribution in [0.3, 0.4) is 0 Å². The van der Waals surface area contributed by atoms with Crippen LogP contribution in [0.5, 0.6) is 0 Å². The van der Waals surface area contributed by atoms with Crippen molar-refractivity contribution in [3.05, 3.63) is 89.5 Å². The lowest BCUT2D eigenvalue weighted by atomic mass is 9.90. The second kappa shape index (κ2) is 10.6. The number of halogens is 3. The third-order valence-electron chi connectivity index (χ3n) is 6.09. The van der Waals surface area contributed by atoms with Crippen LogP contribution in [-0.4, -0.2) is 58.4 Å². The van der Waals surface area contributed by atoms with E-state index < -0.39 is 33.6 Å². The molecule has 38 heavy (non-hydrogen) atoms. The highest BCUT2D eigenvalue weighted by atomic mass is 32.2. The molecule has 4 rings (SSSR count). The van der Waals surface area contributed by atoms with Crippen LogP contribution in [0.1, 0.15) is 22.6 Å². The Kier molecular flexibility index (Phi) is 7.61. The Morgan fingerprint density at radius 2 is 1.63 bits per heavy atom. The summed E-state index contributed by atoms with van der Waals surface area (Å²) in [5.41, 5.74) is 1.57. The summed E-state index contributed by atoms with van der Waals surface area (Å²) in [6.45, 7) is 0.792. The number of alkyl halides is 3. The van der Waals surface area contributed by atoms with Crippen LogP contribution in [0.4, 0.5) is 30.2 Å². The maximum absolute atomic E-state index is 13.2. The van der Waals surface area contributed by atoms with E-state index in [1.807, 2.05) is 25.1 Å². The standard InChI is InChI=1S/C27H27F3N4O3S/c1-33(2)15-16-34(38(3,36)37)21-12-10-20(11-13-21)31-25(18-7-5-4-6-8-18)24-22-14-9-19(27(28,29)30)17-23(22)32-26(24)35/h4-14,17,24H,15-16H2,1-3H3,(H,32,35). The number of nitrogens with zero attached hydrogens (tertiary/aromatic N) is 3. The van der Waals surface area contributed by atoms with Gasteiger partial charge in [0.15, 0.2) is 0 Å². The van der Waals surface area contributed by atoms with E-state index >= 15 is 0 Å². The minimum Gasteiger partial charge on any atom is -0.325 e. The van der Waals surface area contributed by atoms with Crippen molar-refractivity contribution in [2.75, 3.05) is 43.1 Å². The Morgan fingerprint density at radius 1 is 0.974 bits per heavy atom. The fourth-order valence-electron chi connectivity index (χ4n) is 4.22. The molecule has 1 heterocycles. The van der Waals surface area contributed by atoms with Crippen LogP contribution in [-0.2, 0) is 21.0 Å². The average Bonchev–Trinajstić information content (AvgIpc) is 3.17. The molecule has 3 aromatic rings. The minimum atomic E-state index is -4.54. The van der Waals surface area contributed by atoms with Crippen molar-refractivity contribution in [1.82, 2.24) is 4.90 Å². The summed E-state index contributed by atoms with van der Waals surface area (Å²) in [4.78, 5) is 19.6. The smallest absolute Gasteiger partial charge is 0.325 e. The van der Waals surface area contributed by atoms with E-state index in [0.717, 1.165) is 18.4 Å². The van der Waals surface area contributed by atoms with E-state index in [1.165, 1.54) is 10.4 Å². The summed E-state index contributed by atoms with van der Waals surface area (Å²) in [5.74, 6) is -1.41. The normalized spacial score (nSPS) is 15.9. The highest BCUT2D eigenvalue weighted by Crippen LogP contribution is 2.40. The molecule has 11 heteroatoms. The molecule has 0 saturated heterocycles. The van der Waals surface area contributed by atoms with Crippen molar-refractivity contribution in [2.24, 2.45) is 4.99 Å². The second-order valence-corrected chi connectivity index (χ2v) is 11.1. The number of fused-ring (bicyclic) bond motifs is 1. The molecule has 0 saturated carbocycles. The predicted octanol–water partition coefficient (Wildman–Crippen LogP) is 4.89. The number of amides is 1. The molecule has 0 spiro atoms. The second-order valence-electron chi connectivity index (χ2n) is 9.24. The average molecular weight is 545 g/mol. The van der Waals surface area contributed by atoms with Crippen molar-refractivity contribution in [1.29, 1.82) is 0 Å². The van der Waals surface area contributed by atoms with E-state index in [1.54, 1.807) is 48.5 Å². The number of hydrogen-bond acceptors (Lipinski definition) is 5. The summed E-state index contributed by atoms with van der Waals surface area (Å²) in [6, 6.07) is 18.7. The summed E-state index contributed by atoms with van der Waals surface area (Å²) in [5, 5.41) is 2.56. The van der Waals surface area contributed by atoms with Gasteiger partial charge in [0.2, 0.25) is 15.9 Å². The van der Waals surface area contributed by atoms with Gasteiger partial charge in [-0.15, -0.1) is 0 Å².